The lowest BCUT2D eigenvalue weighted by atomic mass is 10.2. The van der Waals surface area contributed by atoms with Gasteiger partial charge < -0.3 is 5.73 Å². The first kappa shape index (κ1) is 10.3. The van der Waals surface area contributed by atoms with Gasteiger partial charge in [0.25, 0.3) is 0 Å². The molecule has 0 saturated heterocycles. The van der Waals surface area contributed by atoms with Crippen molar-refractivity contribution >= 4 is 11.3 Å². The van der Waals surface area contributed by atoms with Crippen LogP contribution < -0.4 is 5.73 Å². The second-order valence-corrected chi connectivity index (χ2v) is 4.71. The van der Waals surface area contributed by atoms with E-state index in [4.69, 9.17) is 5.73 Å². The van der Waals surface area contributed by atoms with Crippen molar-refractivity contribution in [1.29, 1.82) is 0 Å². The summed E-state index contributed by atoms with van der Waals surface area (Å²) >= 11 is 1.63. The Labute approximate surface area is 92.5 Å². The van der Waals surface area contributed by atoms with Crippen LogP contribution in [0.1, 0.15) is 42.3 Å². The Kier molecular flexibility index (Phi) is 2.83. The van der Waals surface area contributed by atoms with Gasteiger partial charge in [-0.3, -0.25) is 5.10 Å². The second-order valence-electron chi connectivity index (χ2n) is 3.73. The zero-order valence-corrected chi connectivity index (χ0v) is 9.58. The van der Waals surface area contributed by atoms with Crippen LogP contribution in [0.4, 0.5) is 0 Å². The number of rotatable bonds is 3. The van der Waals surface area contributed by atoms with E-state index in [1.807, 2.05) is 17.5 Å². The molecule has 1 atom stereocenters. The lowest BCUT2D eigenvalue weighted by Crippen LogP contribution is -2.12. The first-order chi connectivity index (χ1) is 7.18. The number of aromatic nitrogens is 3. The molecule has 15 heavy (non-hydrogen) atoms. The molecular formula is C10H14N4S. The summed E-state index contributed by atoms with van der Waals surface area (Å²) in [5.74, 6) is 1.88. The second kappa shape index (κ2) is 4.12. The summed E-state index contributed by atoms with van der Waals surface area (Å²) in [7, 11) is 0. The van der Waals surface area contributed by atoms with Crippen molar-refractivity contribution in [2.75, 3.05) is 0 Å². The molecule has 80 valence electrons. The maximum Gasteiger partial charge on any atom is 0.153 e. The van der Waals surface area contributed by atoms with Gasteiger partial charge in [0.05, 0.1) is 6.04 Å². The summed E-state index contributed by atoms with van der Waals surface area (Å²) in [4.78, 5) is 5.48. The SMILES string of the molecule is CC(C)c1n[nH]c(C(N)c2cccs2)n1. The number of H-pyrrole nitrogens is 1. The topological polar surface area (TPSA) is 67.6 Å². The molecule has 0 bridgehead atoms. The molecule has 0 saturated carbocycles. The van der Waals surface area contributed by atoms with Gasteiger partial charge in [-0.25, -0.2) is 4.98 Å². The summed E-state index contributed by atoms with van der Waals surface area (Å²) in [6, 6.07) is 3.80. The van der Waals surface area contributed by atoms with E-state index in [9.17, 15) is 0 Å². The van der Waals surface area contributed by atoms with Crippen LogP contribution >= 0.6 is 11.3 Å². The fraction of sp³-hybridized carbons (Fsp3) is 0.400. The Morgan fingerprint density at radius 3 is 2.80 bits per heavy atom. The van der Waals surface area contributed by atoms with Crippen LogP contribution in [-0.2, 0) is 0 Å². The number of nitrogens with two attached hydrogens (primary N) is 1. The van der Waals surface area contributed by atoms with Gasteiger partial charge in [0.1, 0.15) is 5.82 Å². The number of aromatic amines is 1. The highest BCUT2D eigenvalue weighted by molar-refractivity contribution is 7.10. The average molecular weight is 222 g/mol. The van der Waals surface area contributed by atoms with Crippen molar-refractivity contribution in [3.8, 4) is 0 Å². The van der Waals surface area contributed by atoms with Gasteiger partial charge in [0.2, 0.25) is 0 Å². The lowest BCUT2D eigenvalue weighted by molar-refractivity contribution is 0.776. The van der Waals surface area contributed by atoms with Crippen molar-refractivity contribution in [3.63, 3.8) is 0 Å². The number of hydrogen-bond acceptors (Lipinski definition) is 4. The molecule has 5 heteroatoms. The fourth-order valence-corrected chi connectivity index (χ4v) is 2.02. The minimum atomic E-state index is -0.190. The van der Waals surface area contributed by atoms with E-state index in [1.54, 1.807) is 11.3 Å². The summed E-state index contributed by atoms with van der Waals surface area (Å²) in [6.45, 7) is 4.12. The van der Waals surface area contributed by atoms with Gasteiger partial charge in [-0.1, -0.05) is 19.9 Å². The molecule has 0 aliphatic carbocycles. The predicted octanol–water partition coefficient (Wildman–Crippen LogP) is 2.04. The quantitative estimate of drug-likeness (QED) is 0.835. The van der Waals surface area contributed by atoms with E-state index in [1.165, 1.54) is 0 Å². The first-order valence-electron chi connectivity index (χ1n) is 4.89. The van der Waals surface area contributed by atoms with E-state index in [0.717, 1.165) is 16.5 Å². The Morgan fingerprint density at radius 1 is 1.47 bits per heavy atom. The summed E-state index contributed by atoms with van der Waals surface area (Å²) in [5, 5.41) is 9.04. The smallest absolute Gasteiger partial charge is 0.153 e. The molecule has 0 fully saturated rings. The predicted molar refractivity (Wildman–Crippen MR) is 60.8 cm³/mol. The standard InChI is InChI=1S/C10H14N4S/c1-6(2)9-12-10(14-13-9)8(11)7-4-3-5-15-7/h3-6,8H,11H2,1-2H3,(H,12,13,14). The highest BCUT2D eigenvalue weighted by Crippen LogP contribution is 2.21. The summed E-state index contributed by atoms with van der Waals surface area (Å²) < 4.78 is 0. The van der Waals surface area contributed by atoms with E-state index in [0.29, 0.717) is 5.92 Å². The molecule has 0 amide bonds. The van der Waals surface area contributed by atoms with Crippen LogP contribution in [0, 0.1) is 0 Å². The summed E-state index contributed by atoms with van der Waals surface area (Å²) in [6.07, 6.45) is 0. The van der Waals surface area contributed by atoms with Crippen molar-refractivity contribution in [3.05, 3.63) is 34.0 Å². The Bertz CT molecular complexity index is 418. The van der Waals surface area contributed by atoms with Gasteiger partial charge in [0, 0.05) is 10.8 Å². The molecule has 0 aliphatic heterocycles. The fourth-order valence-electron chi connectivity index (χ4n) is 1.29. The molecule has 1 unspecified atom stereocenters. The molecule has 2 aromatic rings. The lowest BCUT2D eigenvalue weighted by Gasteiger charge is -2.04. The Hall–Kier alpha value is -1.20. The number of hydrogen-bond donors (Lipinski definition) is 2. The van der Waals surface area contributed by atoms with Crippen LogP contribution in [-0.4, -0.2) is 15.2 Å². The van der Waals surface area contributed by atoms with Gasteiger partial charge >= 0.3 is 0 Å². The highest BCUT2D eigenvalue weighted by Gasteiger charge is 2.15. The van der Waals surface area contributed by atoms with Crippen molar-refractivity contribution < 1.29 is 0 Å². The minimum absolute atomic E-state index is 0.190. The summed E-state index contributed by atoms with van der Waals surface area (Å²) in [5.41, 5.74) is 6.05. The molecule has 0 spiro atoms. The molecule has 0 aromatic carbocycles. The molecule has 2 aromatic heterocycles. The zero-order chi connectivity index (χ0) is 10.8. The van der Waals surface area contributed by atoms with Gasteiger partial charge in [-0.2, -0.15) is 5.10 Å². The normalized spacial score (nSPS) is 13.3. The van der Waals surface area contributed by atoms with Crippen molar-refractivity contribution in [2.45, 2.75) is 25.8 Å². The van der Waals surface area contributed by atoms with Gasteiger partial charge in [-0.05, 0) is 11.4 Å². The third-order valence-electron chi connectivity index (χ3n) is 2.18. The molecule has 4 nitrogen and oxygen atoms in total. The van der Waals surface area contributed by atoms with E-state index >= 15 is 0 Å². The average Bonchev–Trinajstić information content (AvgIpc) is 2.88. The van der Waals surface area contributed by atoms with Gasteiger partial charge in [-0.15, -0.1) is 11.3 Å². The number of thiophene rings is 1. The Balaban J connectivity index is 2.23. The van der Waals surface area contributed by atoms with E-state index in [-0.39, 0.29) is 6.04 Å². The number of nitrogens with one attached hydrogen (secondary N) is 1. The largest absolute Gasteiger partial charge is 0.317 e. The van der Waals surface area contributed by atoms with Crippen LogP contribution in [0.3, 0.4) is 0 Å². The minimum Gasteiger partial charge on any atom is -0.317 e. The van der Waals surface area contributed by atoms with Gasteiger partial charge in [0.15, 0.2) is 5.82 Å². The van der Waals surface area contributed by atoms with E-state index in [2.05, 4.69) is 29.0 Å². The molecule has 0 radical (unpaired) electrons. The van der Waals surface area contributed by atoms with Crippen LogP contribution in [0.5, 0.6) is 0 Å². The van der Waals surface area contributed by atoms with E-state index < -0.39 is 0 Å². The van der Waals surface area contributed by atoms with Crippen LogP contribution in [0.25, 0.3) is 0 Å². The third kappa shape index (κ3) is 2.08. The maximum absolute atomic E-state index is 6.05. The highest BCUT2D eigenvalue weighted by atomic mass is 32.1. The molecule has 3 N–H and O–H groups in total. The molecule has 0 aliphatic rings. The molecule has 2 rings (SSSR count). The number of nitrogens with zero attached hydrogens (tertiary/aromatic N) is 2. The van der Waals surface area contributed by atoms with Crippen LogP contribution in [0.2, 0.25) is 0 Å². The van der Waals surface area contributed by atoms with Crippen molar-refractivity contribution in [2.24, 2.45) is 5.73 Å². The first-order valence-corrected chi connectivity index (χ1v) is 5.77. The molecular weight excluding hydrogens is 208 g/mol. The Morgan fingerprint density at radius 2 is 2.27 bits per heavy atom. The zero-order valence-electron chi connectivity index (χ0n) is 8.77. The third-order valence-corrected chi connectivity index (χ3v) is 3.14. The molecule has 2 heterocycles. The monoisotopic (exact) mass is 222 g/mol. The van der Waals surface area contributed by atoms with Crippen molar-refractivity contribution in [1.82, 2.24) is 15.2 Å². The maximum atomic E-state index is 6.05. The van der Waals surface area contributed by atoms with Crippen LogP contribution in [0.15, 0.2) is 17.5 Å².